The molecule has 0 aliphatic carbocycles. The Hall–Kier alpha value is -6.36. The predicted molar refractivity (Wildman–Crippen MR) is 271 cm³/mol. The zero-order chi connectivity index (χ0) is 42.7. The van der Waals surface area contributed by atoms with Crippen molar-refractivity contribution in [2.75, 3.05) is 9.80 Å². The van der Waals surface area contributed by atoms with Crippen LogP contribution in [0.2, 0.25) is 13.1 Å². The highest BCUT2D eigenvalue weighted by Crippen LogP contribution is 2.49. The fourth-order valence-corrected chi connectivity index (χ4v) is 13.5. The minimum Gasteiger partial charge on any atom is -0.312 e. The van der Waals surface area contributed by atoms with E-state index in [1.165, 1.54) is 105 Å². The summed E-state index contributed by atoms with van der Waals surface area (Å²) in [6, 6.07) is 67.1. The second-order valence-corrected chi connectivity index (χ2v) is 24.6. The van der Waals surface area contributed by atoms with Crippen molar-refractivity contribution in [3.05, 3.63) is 187 Å². The highest BCUT2D eigenvalue weighted by atomic mass is 28.3. The molecule has 62 heavy (non-hydrogen) atoms. The van der Waals surface area contributed by atoms with Crippen LogP contribution in [-0.2, 0) is 10.8 Å². The third-order valence-electron chi connectivity index (χ3n) is 13.9. The largest absolute Gasteiger partial charge is 0.312 e. The van der Waals surface area contributed by atoms with Crippen LogP contribution < -0.4 is 36.6 Å². The van der Waals surface area contributed by atoms with Crippen molar-refractivity contribution >= 4 is 75.7 Å². The molecule has 0 atom stereocenters. The molecule has 2 nitrogen and oxygen atoms in total. The summed E-state index contributed by atoms with van der Waals surface area (Å²) in [5.41, 5.74) is 21.9. The van der Waals surface area contributed by atoms with Crippen molar-refractivity contribution in [1.82, 2.24) is 0 Å². The zero-order valence-corrected chi connectivity index (χ0v) is 38.2. The third kappa shape index (κ3) is 5.98. The van der Waals surface area contributed by atoms with E-state index in [1.807, 2.05) is 0 Å². The molecule has 11 rings (SSSR count). The minimum atomic E-state index is -2.32. The summed E-state index contributed by atoms with van der Waals surface area (Å²) < 4.78 is 0. The first kappa shape index (κ1) is 38.6. The van der Waals surface area contributed by atoms with Gasteiger partial charge in [0.2, 0.25) is 0 Å². The maximum Gasteiger partial charge on any atom is 0.252 e. The molecular formula is C58H53BN2Si. The van der Waals surface area contributed by atoms with E-state index in [9.17, 15) is 0 Å². The van der Waals surface area contributed by atoms with Gasteiger partial charge < -0.3 is 9.80 Å². The average Bonchev–Trinajstić information content (AvgIpc) is 3.28. The number of benzene rings is 8. The number of anilines is 6. The zero-order valence-electron chi connectivity index (χ0n) is 37.2. The van der Waals surface area contributed by atoms with Gasteiger partial charge in [-0.25, -0.2) is 0 Å². The molecule has 0 unspecified atom stereocenters. The molecule has 0 fully saturated rings. The molecule has 0 radical (unpaired) electrons. The predicted octanol–water partition coefficient (Wildman–Crippen LogP) is 12.5. The number of fused-ring (bicyclic) bond motifs is 6. The first-order valence-corrected chi connectivity index (χ1v) is 25.3. The minimum absolute atomic E-state index is 0.00821. The Morgan fingerprint density at radius 3 is 1.55 bits per heavy atom. The molecule has 0 spiro atoms. The summed E-state index contributed by atoms with van der Waals surface area (Å²) in [6.07, 6.45) is 0. The monoisotopic (exact) mass is 816 g/mol. The highest BCUT2D eigenvalue weighted by molar-refractivity contribution is 7.06. The van der Waals surface area contributed by atoms with Gasteiger partial charge in [0.15, 0.2) is 0 Å². The molecule has 3 aliphatic heterocycles. The SMILES string of the molecule is CC(C)(C)c1cccc(N2c3cc(C(C)(C)C)ccc3B3c4cc(-c5ccccc5)cc5c4N(c4ccc(-c6ccccc6)cc4[Si]5(C)C)c4cc(-c5ccccc5)cc2c43)c1. The normalized spacial score (nSPS) is 14.5. The lowest BCUT2D eigenvalue weighted by Gasteiger charge is -2.49. The Bertz CT molecular complexity index is 3070. The van der Waals surface area contributed by atoms with E-state index in [4.69, 9.17) is 0 Å². The van der Waals surface area contributed by atoms with E-state index >= 15 is 0 Å². The van der Waals surface area contributed by atoms with Gasteiger partial charge in [0, 0.05) is 34.1 Å². The van der Waals surface area contributed by atoms with Crippen LogP contribution in [-0.4, -0.2) is 14.8 Å². The van der Waals surface area contributed by atoms with Crippen LogP contribution in [0.4, 0.5) is 34.1 Å². The van der Waals surface area contributed by atoms with Crippen LogP contribution in [0, 0.1) is 0 Å². The number of hydrogen-bond donors (Lipinski definition) is 0. The van der Waals surface area contributed by atoms with Gasteiger partial charge in [-0.15, -0.1) is 0 Å². The molecule has 8 aromatic rings. The average molecular weight is 817 g/mol. The molecule has 0 aromatic heterocycles. The fourth-order valence-electron chi connectivity index (χ4n) is 10.5. The third-order valence-corrected chi connectivity index (χ3v) is 17.4. The Labute approximate surface area is 369 Å². The van der Waals surface area contributed by atoms with Crippen LogP contribution in [0.15, 0.2) is 176 Å². The molecule has 0 saturated heterocycles. The Balaban J connectivity index is 1.29. The van der Waals surface area contributed by atoms with Crippen molar-refractivity contribution in [1.29, 1.82) is 0 Å². The Morgan fingerprint density at radius 1 is 0.387 bits per heavy atom. The van der Waals surface area contributed by atoms with Crippen molar-refractivity contribution in [2.24, 2.45) is 0 Å². The van der Waals surface area contributed by atoms with Crippen molar-refractivity contribution in [3.8, 4) is 33.4 Å². The summed E-state index contributed by atoms with van der Waals surface area (Å²) in [5.74, 6) is 0. The number of rotatable bonds is 4. The lowest BCUT2D eigenvalue weighted by atomic mass is 9.33. The summed E-state index contributed by atoms with van der Waals surface area (Å²) >= 11 is 0. The van der Waals surface area contributed by atoms with Gasteiger partial charge in [0.25, 0.3) is 6.71 Å². The first-order chi connectivity index (χ1) is 29.8. The smallest absolute Gasteiger partial charge is 0.252 e. The number of nitrogens with zero attached hydrogens (tertiary/aromatic N) is 2. The van der Waals surface area contributed by atoms with E-state index < -0.39 is 8.07 Å². The highest BCUT2D eigenvalue weighted by Gasteiger charge is 2.49. The van der Waals surface area contributed by atoms with Gasteiger partial charge in [0.1, 0.15) is 8.07 Å². The van der Waals surface area contributed by atoms with E-state index in [1.54, 1.807) is 0 Å². The van der Waals surface area contributed by atoms with E-state index in [0.29, 0.717) is 0 Å². The topological polar surface area (TPSA) is 6.48 Å². The second-order valence-electron chi connectivity index (χ2n) is 20.3. The van der Waals surface area contributed by atoms with Crippen LogP contribution in [0.5, 0.6) is 0 Å². The molecule has 0 bridgehead atoms. The molecule has 0 amide bonds. The standard InChI is InChI=1S/C58H53BN2Si/c1-57(2,3)44-25-18-26-46(36-44)60-50-37-45(58(4,5)6)28-29-47(50)59-48-31-42(39-21-14-10-15-22-39)35-54-56(48)61(52-33-43(32-51(60)55(52)59)40-23-16-11-17-24-40)49-30-27-41(34-53(49)62(54,7)8)38-19-12-9-13-20-38/h9-37H,1-8H3. The fraction of sp³-hybridized carbons (Fsp3) is 0.172. The van der Waals surface area contributed by atoms with Crippen LogP contribution in [0.3, 0.4) is 0 Å². The van der Waals surface area contributed by atoms with Crippen LogP contribution >= 0.6 is 0 Å². The summed E-state index contributed by atoms with van der Waals surface area (Å²) in [7, 11) is -2.32. The van der Waals surface area contributed by atoms with Gasteiger partial charge in [-0.05, 0) is 118 Å². The van der Waals surface area contributed by atoms with Crippen molar-refractivity contribution < 1.29 is 0 Å². The van der Waals surface area contributed by atoms with Crippen LogP contribution in [0.1, 0.15) is 52.7 Å². The van der Waals surface area contributed by atoms with Gasteiger partial charge in [0.05, 0.1) is 0 Å². The van der Waals surface area contributed by atoms with Gasteiger partial charge >= 0.3 is 0 Å². The maximum absolute atomic E-state index is 2.68. The van der Waals surface area contributed by atoms with Crippen LogP contribution in [0.25, 0.3) is 33.4 Å². The first-order valence-electron chi connectivity index (χ1n) is 22.3. The van der Waals surface area contributed by atoms with Gasteiger partial charge in [-0.1, -0.05) is 194 Å². The summed E-state index contributed by atoms with van der Waals surface area (Å²) in [4.78, 5) is 5.29. The second kappa shape index (κ2) is 13.8. The summed E-state index contributed by atoms with van der Waals surface area (Å²) in [6.45, 7) is 19.2. The molecule has 0 N–H and O–H groups in total. The lowest BCUT2D eigenvalue weighted by Crippen LogP contribution is -2.67. The van der Waals surface area contributed by atoms with E-state index in [2.05, 4.69) is 240 Å². The number of hydrogen-bond acceptors (Lipinski definition) is 2. The molecule has 3 aliphatic rings. The Morgan fingerprint density at radius 2 is 0.935 bits per heavy atom. The van der Waals surface area contributed by atoms with Crippen molar-refractivity contribution in [2.45, 2.75) is 65.5 Å². The van der Waals surface area contributed by atoms with Gasteiger partial charge in [-0.3, -0.25) is 0 Å². The van der Waals surface area contributed by atoms with E-state index in [0.717, 1.165) is 0 Å². The quantitative estimate of drug-likeness (QED) is 0.163. The Kier molecular flexibility index (Phi) is 8.60. The summed E-state index contributed by atoms with van der Waals surface area (Å²) in [5, 5.41) is 2.97. The van der Waals surface area contributed by atoms with Crippen molar-refractivity contribution in [3.63, 3.8) is 0 Å². The molecule has 4 heteroatoms. The molecule has 3 heterocycles. The molecule has 8 aromatic carbocycles. The maximum atomic E-state index is 2.68. The lowest BCUT2D eigenvalue weighted by molar-refractivity contribution is 0.590. The van der Waals surface area contributed by atoms with E-state index in [-0.39, 0.29) is 17.5 Å². The molecule has 0 saturated carbocycles. The van der Waals surface area contributed by atoms with Gasteiger partial charge in [-0.2, -0.15) is 0 Å². The molecule has 302 valence electrons. The molecular weight excluding hydrogens is 764 g/mol.